The number of piperidine rings is 1. The van der Waals surface area contributed by atoms with Crippen LogP contribution in [0.4, 0.5) is 0 Å². The van der Waals surface area contributed by atoms with Gasteiger partial charge >= 0.3 is 0 Å². The summed E-state index contributed by atoms with van der Waals surface area (Å²) in [7, 11) is 0. The molecule has 1 aromatic heterocycles. The number of amides is 1. The van der Waals surface area contributed by atoms with E-state index in [-0.39, 0.29) is 0 Å². The van der Waals surface area contributed by atoms with Gasteiger partial charge in [0.2, 0.25) is 5.91 Å². The standard InChI is InChI=1S/C21H30N4O/c1-17(2)25-16-22-23-20(25)15-19-11-13-24(14-12-19)21(26)10-6-9-18-7-4-3-5-8-18/h3-5,7-8,16-17,19H,6,9-15H2,1-2H3. The summed E-state index contributed by atoms with van der Waals surface area (Å²) >= 11 is 0. The van der Waals surface area contributed by atoms with Gasteiger partial charge in [0.05, 0.1) is 0 Å². The summed E-state index contributed by atoms with van der Waals surface area (Å²) in [5.74, 6) is 1.99. The Bertz CT molecular complexity index is 687. The molecular weight excluding hydrogens is 324 g/mol. The summed E-state index contributed by atoms with van der Waals surface area (Å²) in [6.45, 7) is 6.07. The van der Waals surface area contributed by atoms with Gasteiger partial charge in [-0.3, -0.25) is 4.79 Å². The summed E-state index contributed by atoms with van der Waals surface area (Å²) in [5.41, 5.74) is 1.31. The predicted molar refractivity (Wildman–Crippen MR) is 103 cm³/mol. The first-order valence-electron chi connectivity index (χ1n) is 9.83. The normalized spacial score (nSPS) is 15.6. The van der Waals surface area contributed by atoms with Gasteiger partial charge in [0.25, 0.3) is 0 Å². The predicted octanol–water partition coefficient (Wildman–Crippen LogP) is 3.66. The molecule has 1 aliphatic rings. The molecule has 0 aliphatic carbocycles. The fourth-order valence-corrected chi connectivity index (χ4v) is 3.74. The number of benzene rings is 1. The zero-order chi connectivity index (χ0) is 18.4. The van der Waals surface area contributed by atoms with E-state index in [0.717, 1.165) is 51.0 Å². The average Bonchev–Trinajstić information content (AvgIpc) is 3.11. The number of carbonyl (C=O) groups is 1. The lowest BCUT2D eigenvalue weighted by Crippen LogP contribution is -2.39. The molecule has 0 radical (unpaired) electrons. The zero-order valence-corrected chi connectivity index (χ0v) is 16.0. The maximum Gasteiger partial charge on any atom is 0.222 e. The van der Waals surface area contributed by atoms with Crippen LogP contribution in [0.25, 0.3) is 0 Å². The highest BCUT2D eigenvalue weighted by Crippen LogP contribution is 2.22. The van der Waals surface area contributed by atoms with Gasteiger partial charge in [-0.05, 0) is 51.0 Å². The van der Waals surface area contributed by atoms with Crippen LogP contribution in [0.2, 0.25) is 0 Å². The minimum atomic E-state index is 0.310. The van der Waals surface area contributed by atoms with E-state index in [1.165, 1.54) is 5.56 Å². The minimum Gasteiger partial charge on any atom is -0.343 e. The van der Waals surface area contributed by atoms with E-state index < -0.39 is 0 Å². The van der Waals surface area contributed by atoms with Crippen LogP contribution in [-0.4, -0.2) is 38.7 Å². The van der Waals surface area contributed by atoms with Crippen molar-refractivity contribution < 1.29 is 4.79 Å². The van der Waals surface area contributed by atoms with E-state index in [9.17, 15) is 4.79 Å². The second kappa shape index (κ2) is 8.97. The van der Waals surface area contributed by atoms with E-state index in [2.05, 4.69) is 57.8 Å². The molecule has 26 heavy (non-hydrogen) atoms. The SMILES string of the molecule is CC(C)n1cnnc1CC1CCN(C(=O)CCCc2ccccc2)CC1. The molecule has 140 valence electrons. The lowest BCUT2D eigenvalue weighted by molar-refractivity contribution is -0.132. The smallest absolute Gasteiger partial charge is 0.222 e. The third-order valence-corrected chi connectivity index (χ3v) is 5.34. The van der Waals surface area contributed by atoms with Gasteiger partial charge in [0.15, 0.2) is 0 Å². The molecular formula is C21H30N4O. The molecule has 1 aromatic carbocycles. The number of hydrogen-bond acceptors (Lipinski definition) is 3. The number of aromatic nitrogens is 3. The van der Waals surface area contributed by atoms with Gasteiger partial charge in [-0.2, -0.15) is 0 Å². The van der Waals surface area contributed by atoms with E-state index in [1.54, 1.807) is 0 Å². The molecule has 0 bridgehead atoms. The number of nitrogens with zero attached hydrogens (tertiary/aromatic N) is 4. The van der Waals surface area contributed by atoms with Crippen LogP contribution in [0.15, 0.2) is 36.7 Å². The van der Waals surface area contributed by atoms with E-state index >= 15 is 0 Å². The number of aryl methyl sites for hydroxylation is 1. The van der Waals surface area contributed by atoms with Crippen molar-refractivity contribution in [2.45, 2.75) is 58.4 Å². The van der Waals surface area contributed by atoms with Crippen molar-refractivity contribution in [3.8, 4) is 0 Å². The summed E-state index contributed by atoms with van der Waals surface area (Å²) < 4.78 is 2.15. The molecule has 5 nitrogen and oxygen atoms in total. The Balaban J connectivity index is 1.40. The molecule has 0 atom stereocenters. The molecule has 5 heteroatoms. The average molecular weight is 354 g/mol. The highest BCUT2D eigenvalue weighted by molar-refractivity contribution is 5.76. The van der Waals surface area contributed by atoms with Gasteiger partial charge in [-0.25, -0.2) is 0 Å². The van der Waals surface area contributed by atoms with Crippen molar-refractivity contribution in [2.75, 3.05) is 13.1 Å². The molecule has 0 N–H and O–H groups in total. The maximum atomic E-state index is 12.5. The molecule has 1 fully saturated rings. The van der Waals surface area contributed by atoms with Crippen molar-refractivity contribution in [1.82, 2.24) is 19.7 Å². The number of hydrogen-bond donors (Lipinski definition) is 0. The monoisotopic (exact) mass is 354 g/mol. The number of carbonyl (C=O) groups excluding carboxylic acids is 1. The first-order chi connectivity index (χ1) is 12.6. The van der Waals surface area contributed by atoms with Crippen LogP contribution >= 0.6 is 0 Å². The summed E-state index contributed by atoms with van der Waals surface area (Å²) in [4.78, 5) is 14.5. The lowest BCUT2D eigenvalue weighted by Gasteiger charge is -2.32. The lowest BCUT2D eigenvalue weighted by atomic mass is 9.93. The van der Waals surface area contributed by atoms with Gasteiger partial charge in [-0.15, -0.1) is 10.2 Å². The van der Waals surface area contributed by atoms with Crippen LogP contribution in [0.5, 0.6) is 0 Å². The fraction of sp³-hybridized carbons (Fsp3) is 0.571. The number of rotatable bonds is 7. The van der Waals surface area contributed by atoms with Gasteiger partial charge in [0.1, 0.15) is 12.2 Å². The van der Waals surface area contributed by atoms with E-state index in [4.69, 9.17) is 0 Å². The zero-order valence-electron chi connectivity index (χ0n) is 16.0. The minimum absolute atomic E-state index is 0.310. The fourth-order valence-electron chi connectivity index (χ4n) is 3.74. The Kier molecular flexibility index (Phi) is 6.42. The molecule has 3 rings (SSSR count). The van der Waals surface area contributed by atoms with Crippen LogP contribution in [0.3, 0.4) is 0 Å². The van der Waals surface area contributed by atoms with Gasteiger partial charge in [-0.1, -0.05) is 30.3 Å². The van der Waals surface area contributed by atoms with Gasteiger partial charge < -0.3 is 9.47 Å². The molecule has 1 saturated heterocycles. The third kappa shape index (κ3) is 4.93. The Morgan fingerprint density at radius 3 is 2.62 bits per heavy atom. The van der Waals surface area contributed by atoms with E-state index in [0.29, 0.717) is 24.3 Å². The molecule has 1 amide bonds. The summed E-state index contributed by atoms with van der Waals surface area (Å²) in [6, 6.07) is 10.8. The Hall–Kier alpha value is -2.17. The topological polar surface area (TPSA) is 51.0 Å². The maximum absolute atomic E-state index is 12.5. The Labute approximate surface area is 156 Å². The van der Waals surface area contributed by atoms with Crippen LogP contribution < -0.4 is 0 Å². The van der Waals surface area contributed by atoms with Gasteiger partial charge in [0, 0.05) is 32.0 Å². The van der Waals surface area contributed by atoms with Crippen molar-refractivity contribution in [2.24, 2.45) is 5.92 Å². The van der Waals surface area contributed by atoms with Crippen LogP contribution in [-0.2, 0) is 17.6 Å². The molecule has 2 aromatic rings. The summed E-state index contributed by atoms with van der Waals surface area (Å²) in [6.07, 6.45) is 7.49. The second-order valence-electron chi connectivity index (χ2n) is 7.62. The molecule has 0 unspecified atom stereocenters. The first kappa shape index (κ1) is 18.6. The van der Waals surface area contributed by atoms with E-state index in [1.807, 2.05) is 12.4 Å². The Morgan fingerprint density at radius 2 is 1.92 bits per heavy atom. The first-order valence-corrected chi connectivity index (χ1v) is 9.83. The van der Waals surface area contributed by atoms with Crippen molar-refractivity contribution in [3.63, 3.8) is 0 Å². The molecule has 1 aliphatic heterocycles. The van der Waals surface area contributed by atoms with Crippen LogP contribution in [0, 0.1) is 5.92 Å². The Morgan fingerprint density at radius 1 is 1.19 bits per heavy atom. The van der Waals surface area contributed by atoms with Crippen molar-refractivity contribution >= 4 is 5.91 Å². The highest BCUT2D eigenvalue weighted by Gasteiger charge is 2.24. The van der Waals surface area contributed by atoms with Crippen molar-refractivity contribution in [1.29, 1.82) is 0 Å². The number of likely N-dealkylation sites (tertiary alicyclic amines) is 1. The third-order valence-electron chi connectivity index (χ3n) is 5.34. The van der Waals surface area contributed by atoms with Crippen LogP contribution in [0.1, 0.15) is 57.0 Å². The molecule has 2 heterocycles. The molecule has 0 spiro atoms. The second-order valence-corrected chi connectivity index (χ2v) is 7.62. The quantitative estimate of drug-likeness (QED) is 0.762. The summed E-state index contributed by atoms with van der Waals surface area (Å²) in [5, 5.41) is 8.35. The van der Waals surface area contributed by atoms with Crippen molar-refractivity contribution in [3.05, 3.63) is 48.0 Å². The molecule has 0 saturated carbocycles. The largest absolute Gasteiger partial charge is 0.343 e. The highest BCUT2D eigenvalue weighted by atomic mass is 16.2.